The minimum absolute atomic E-state index is 0.207. The maximum atomic E-state index is 12.5. The average Bonchev–Trinajstić information content (AvgIpc) is 2.54. The van der Waals surface area contributed by atoms with E-state index >= 15 is 0 Å². The predicted octanol–water partition coefficient (Wildman–Crippen LogP) is 3.37. The number of benzene rings is 2. The quantitative estimate of drug-likeness (QED) is 0.812. The van der Waals surface area contributed by atoms with Crippen molar-refractivity contribution in [3.8, 4) is 5.75 Å². The van der Waals surface area contributed by atoms with Gasteiger partial charge in [0.15, 0.2) is 0 Å². The highest BCUT2D eigenvalue weighted by Crippen LogP contribution is 2.32. The molecule has 2 aromatic carbocycles. The molecular formula is C18H21ClN2O4S. The molecule has 0 heterocycles. The maximum Gasteiger partial charge on any atom is 0.245 e. The van der Waals surface area contributed by atoms with Crippen molar-refractivity contribution in [1.29, 1.82) is 0 Å². The third-order valence-corrected chi connectivity index (χ3v) is 5.11. The maximum absolute atomic E-state index is 12.5. The van der Waals surface area contributed by atoms with Gasteiger partial charge in [-0.2, -0.15) is 0 Å². The van der Waals surface area contributed by atoms with Crippen LogP contribution in [0.2, 0.25) is 5.02 Å². The molecule has 0 unspecified atom stereocenters. The van der Waals surface area contributed by atoms with Crippen LogP contribution in [-0.2, 0) is 14.8 Å². The fraction of sp³-hybridized carbons (Fsp3) is 0.278. The topological polar surface area (TPSA) is 75.7 Å². The van der Waals surface area contributed by atoms with Gasteiger partial charge in [0.1, 0.15) is 12.3 Å². The van der Waals surface area contributed by atoms with Crippen molar-refractivity contribution >= 4 is 38.9 Å². The summed E-state index contributed by atoms with van der Waals surface area (Å²) < 4.78 is 30.7. The standard InChI is InChI=1S/C18H21ClN2O4S/c1-12-5-7-15(13(2)9-12)20-18(22)11-21(26(4,23)24)16-10-14(19)6-8-17(16)25-3/h5-10H,11H2,1-4H3,(H,20,22). The summed E-state index contributed by atoms with van der Waals surface area (Å²) in [6.07, 6.45) is 1.03. The number of anilines is 2. The minimum Gasteiger partial charge on any atom is -0.495 e. The Morgan fingerprint density at radius 3 is 2.46 bits per heavy atom. The molecule has 0 saturated carbocycles. The summed E-state index contributed by atoms with van der Waals surface area (Å²) in [6.45, 7) is 3.43. The van der Waals surface area contributed by atoms with Crippen molar-refractivity contribution < 1.29 is 17.9 Å². The van der Waals surface area contributed by atoms with Crippen LogP contribution >= 0.6 is 11.6 Å². The number of halogens is 1. The summed E-state index contributed by atoms with van der Waals surface area (Å²) in [5.74, 6) is -0.163. The number of rotatable bonds is 6. The fourth-order valence-corrected chi connectivity index (χ4v) is 3.53. The summed E-state index contributed by atoms with van der Waals surface area (Å²) in [5, 5.41) is 3.08. The van der Waals surface area contributed by atoms with Gasteiger partial charge in [0.25, 0.3) is 0 Å². The molecule has 140 valence electrons. The molecule has 0 atom stereocenters. The number of methoxy groups -OCH3 is 1. The van der Waals surface area contributed by atoms with Crippen LogP contribution in [0, 0.1) is 13.8 Å². The van der Waals surface area contributed by atoms with Crippen molar-refractivity contribution in [2.45, 2.75) is 13.8 Å². The molecule has 26 heavy (non-hydrogen) atoms. The molecular weight excluding hydrogens is 376 g/mol. The second kappa shape index (κ2) is 7.97. The van der Waals surface area contributed by atoms with Gasteiger partial charge in [-0.1, -0.05) is 29.3 Å². The number of sulfonamides is 1. The van der Waals surface area contributed by atoms with Gasteiger partial charge in [-0.15, -0.1) is 0 Å². The fourth-order valence-electron chi connectivity index (χ4n) is 2.51. The van der Waals surface area contributed by atoms with E-state index in [9.17, 15) is 13.2 Å². The van der Waals surface area contributed by atoms with E-state index in [0.717, 1.165) is 21.7 Å². The van der Waals surface area contributed by atoms with E-state index in [1.54, 1.807) is 18.2 Å². The first-order valence-electron chi connectivity index (χ1n) is 7.80. The van der Waals surface area contributed by atoms with E-state index in [1.807, 2.05) is 26.0 Å². The molecule has 0 radical (unpaired) electrons. The molecule has 2 aromatic rings. The Morgan fingerprint density at radius 2 is 1.88 bits per heavy atom. The minimum atomic E-state index is -3.74. The smallest absolute Gasteiger partial charge is 0.245 e. The molecule has 8 heteroatoms. The number of nitrogens with zero attached hydrogens (tertiary/aromatic N) is 1. The number of ether oxygens (including phenoxy) is 1. The number of carbonyl (C=O) groups is 1. The van der Waals surface area contributed by atoms with Crippen LogP contribution in [0.4, 0.5) is 11.4 Å². The van der Waals surface area contributed by atoms with Crippen LogP contribution in [0.3, 0.4) is 0 Å². The SMILES string of the molecule is COc1ccc(Cl)cc1N(CC(=O)Nc1ccc(C)cc1C)S(C)(=O)=O. The largest absolute Gasteiger partial charge is 0.495 e. The summed E-state index contributed by atoms with van der Waals surface area (Å²) in [6, 6.07) is 10.2. The van der Waals surface area contributed by atoms with Crippen LogP contribution in [0.25, 0.3) is 0 Å². The van der Waals surface area contributed by atoms with Crippen LogP contribution in [0.5, 0.6) is 5.75 Å². The van der Waals surface area contributed by atoms with Crippen molar-refractivity contribution in [2.75, 3.05) is 29.5 Å². The average molecular weight is 397 g/mol. The second-order valence-corrected chi connectivity index (χ2v) is 8.30. The van der Waals surface area contributed by atoms with Crippen molar-refractivity contribution in [3.63, 3.8) is 0 Å². The predicted molar refractivity (Wildman–Crippen MR) is 105 cm³/mol. The molecule has 0 saturated heterocycles. The highest BCUT2D eigenvalue weighted by molar-refractivity contribution is 7.92. The van der Waals surface area contributed by atoms with E-state index in [2.05, 4.69) is 5.32 Å². The van der Waals surface area contributed by atoms with Gasteiger partial charge in [-0.3, -0.25) is 9.10 Å². The third kappa shape index (κ3) is 4.89. The summed E-state index contributed by atoms with van der Waals surface area (Å²) >= 11 is 5.99. The third-order valence-electron chi connectivity index (χ3n) is 3.75. The van der Waals surface area contributed by atoms with Crippen LogP contribution in [-0.4, -0.2) is 34.2 Å². The molecule has 1 amide bonds. The Labute approximate surface area is 158 Å². The lowest BCUT2D eigenvalue weighted by molar-refractivity contribution is -0.114. The summed E-state index contributed by atoms with van der Waals surface area (Å²) in [5.41, 5.74) is 2.80. The van der Waals surface area contributed by atoms with Crippen molar-refractivity contribution in [1.82, 2.24) is 0 Å². The Kier molecular flexibility index (Phi) is 6.15. The number of hydrogen-bond donors (Lipinski definition) is 1. The summed E-state index contributed by atoms with van der Waals surface area (Å²) in [4.78, 5) is 12.5. The van der Waals surface area contributed by atoms with E-state index in [0.29, 0.717) is 16.5 Å². The van der Waals surface area contributed by atoms with E-state index < -0.39 is 22.5 Å². The highest BCUT2D eigenvalue weighted by Gasteiger charge is 2.24. The van der Waals surface area contributed by atoms with Gasteiger partial charge in [0.2, 0.25) is 15.9 Å². The number of amides is 1. The number of nitrogens with one attached hydrogen (secondary N) is 1. The molecule has 0 aliphatic rings. The molecule has 0 aliphatic heterocycles. The van der Waals surface area contributed by atoms with E-state index in [-0.39, 0.29) is 5.69 Å². The molecule has 0 bridgehead atoms. The zero-order chi connectivity index (χ0) is 19.5. The van der Waals surface area contributed by atoms with Crippen LogP contribution in [0.1, 0.15) is 11.1 Å². The number of hydrogen-bond acceptors (Lipinski definition) is 4. The van der Waals surface area contributed by atoms with Gasteiger partial charge in [0.05, 0.1) is 19.1 Å². The Morgan fingerprint density at radius 1 is 1.19 bits per heavy atom. The normalized spacial score (nSPS) is 11.1. The number of aryl methyl sites for hydroxylation is 2. The molecule has 1 N–H and O–H groups in total. The van der Waals surface area contributed by atoms with E-state index in [1.165, 1.54) is 13.2 Å². The number of carbonyl (C=O) groups excluding carboxylic acids is 1. The molecule has 0 aliphatic carbocycles. The highest BCUT2D eigenvalue weighted by atomic mass is 35.5. The monoisotopic (exact) mass is 396 g/mol. The van der Waals surface area contributed by atoms with Crippen LogP contribution < -0.4 is 14.4 Å². The van der Waals surface area contributed by atoms with Crippen molar-refractivity contribution in [2.24, 2.45) is 0 Å². The van der Waals surface area contributed by atoms with Gasteiger partial charge in [0, 0.05) is 10.7 Å². The Hall–Kier alpha value is -2.25. The molecule has 0 aromatic heterocycles. The molecule has 0 fully saturated rings. The lowest BCUT2D eigenvalue weighted by atomic mass is 10.1. The molecule has 6 nitrogen and oxygen atoms in total. The zero-order valence-corrected chi connectivity index (χ0v) is 16.6. The first-order valence-corrected chi connectivity index (χ1v) is 10.0. The Balaban J connectivity index is 2.32. The zero-order valence-electron chi connectivity index (χ0n) is 15.0. The van der Waals surface area contributed by atoms with E-state index in [4.69, 9.17) is 16.3 Å². The lowest BCUT2D eigenvalue weighted by Crippen LogP contribution is -2.37. The van der Waals surface area contributed by atoms with Gasteiger partial charge < -0.3 is 10.1 Å². The van der Waals surface area contributed by atoms with Gasteiger partial charge >= 0.3 is 0 Å². The van der Waals surface area contributed by atoms with Crippen LogP contribution in [0.15, 0.2) is 36.4 Å². The van der Waals surface area contributed by atoms with Gasteiger partial charge in [-0.25, -0.2) is 8.42 Å². The Bertz CT molecular complexity index is 929. The first kappa shape index (κ1) is 20.1. The molecule has 2 rings (SSSR count). The first-order chi connectivity index (χ1) is 12.1. The second-order valence-electron chi connectivity index (χ2n) is 5.95. The molecule has 0 spiro atoms. The lowest BCUT2D eigenvalue weighted by Gasteiger charge is -2.24. The van der Waals surface area contributed by atoms with Gasteiger partial charge in [-0.05, 0) is 43.7 Å². The summed E-state index contributed by atoms with van der Waals surface area (Å²) in [7, 11) is -2.32. The van der Waals surface area contributed by atoms with Crippen molar-refractivity contribution in [3.05, 3.63) is 52.5 Å².